The minimum Gasteiger partial charge on any atom is -0.450 e. The first-order valence-electron chi connectivity index (χ1n) is 13.1. The molecule has 6 rings (SSSR count). The van der Waals surface area contributed by atoms with Crippen molar-refractivity contribution < 1.29 is 22.6 Å². The maximum Gasteiger partial charge on any atom is 0.416 e. The summed E-state index contributed by atoms with van der Waals surface area (Å²) >= 11 is 6.74. The van der Waals surface area contributed by atoms with Gasteiger partial charge >= 0.3 is 6.18 Å². The molecule has 1 aromatic carbocycles. The SMILES string of the molecule is CNc1cn2ncc(Oc3cnc4nc(Nc5cc(CN6CC[C@@H](OC)C6)cc(C(F)(F)F)c5)n(C)c4c3Cl)c2cn1. The van der Waals surface area contributed by atoms with E-state index in [1.165, 1.54) is 18.5 Å². The van der Waals surface area contributed by atoms with Crippen LogP contribution < -0.4 is 15.4 Å². The Kier molecular flexibility index (Phi) is 7.29. The van der Waals surface area contributed by atoms with Crippen LogP contribution in [0.2, 0.25) is 5.02 Å². The van der Waals surface area contributed by atoms with Crippen molar-refractivity contribution >= 4 is 45.7 Å². The Labute approximate surface area is 243 Å². The zero-order valence-corrected chi connectivity index (χ0v) is 23.7. The predicted octanol–water partition coefficient (Wildman–Crippen LogP) is 5.48. The van der Waals surface area contributed by atoms with Gasteiger partial charge in [-0.3, -0.25) is 4.90 Å². The molecule has 2 N–H and O–H groups in total. The fraction of sp³-hybridized carbons (Fsp3) is 0.333. The number of hydrogen-bond donors (Lipinski definition) is 2. The number of imidazole rings is 1. The molecular formula is C27H27ClF3N9O2. The molecule has 0 saturated carbocycles. The highest BCUT2D eigenvalue weighted by Crippen LogP contribution is 2.38. The molecule has 0 unspecified atom stereocenters. The lowest BCUT2D eigenvalue weighted by atomic mass is 10.1. The molecule has 15 heteroatoms. The summed E-state index contributed by atoms with van der Waals surface area (Å²) in [7, 11) is 5.09. The van der Waals surface area contributed by atoms with Crippen molar-refractivity contribution in [2.45, 2.75) is 25.2 Å². The summed E-state index contributed by atoms with van der Waals surface area (Å²) in [6.07, 6.45) is 2.70. The molecule has 0 aliphatic carbocycles. The minimum absolute atomic E-state index is 0.0789. The Balaban J connectivity index is 1.29. The average molecular weight is 602 g/mol. The highest BCUT2D eigenvalue weighted by Gasteiger charge is 2.32. The smallest absolute Gasteiger partial charge is 0.416 e. The van der Waals surface area contributed by atoms with Gasteiger partial charge < -0.3 is 24.7 Å². The number of anilines is 3. The number of pyridine rings is 1. The standard InChI is InChI=1S/C27H27ClF3N9O2/c1-32-22-14-40-19(9-33-22)20(11-35-40)42-21-10-34-25-24(23(21)28)38(2)26(37-25)36-17-7-15(6-16(8-17)27(29,30)31)12-39-5-4-18(13-39)41-3/h6-11,14,18,32H,4-5,12-13H2,1-3H3,(H,34,36,37)/t18-/m1/s1. The summed E-state index contributed by atoms with van der Waals surface area (Å²) in [5, 5.41) is 10.5. The number of ether oxygens (including phenoxy) is 2. The number of likely N-dealkylation sites (tertiary alicyclic amines) is 1. The number of benzene rings is 1. The highest BCUT2D eigenvalue weighted by molar-refractivity contribution is 6.36. The molecule has 220 valence electrons. The van der Waals surface area contributed by atoms with E-state index < -0.39 is 11.7 Å². The molecule has 42 heavy (non-hydrogen) atoms. The van der Waals surface area contributed by atoms with E-state index in [0.29, 0.717) is 46.9 Å². The van der Waals surface area contributed by atoms with Gasteiger partial charge in [-0.2, -0.15) is 23.3 Å². The average Bonchev–Trinajstić information content (AvgIpc) is 3.67. The van der Waals surface area contributed by atoms with E-state index in [0.717, 1.165) is 19.0 Å². The van der Waals surface area contributed by atoms with Gasteiger partial charge in [-0.05, 0) is 30.2 Å². The van der Waals surface area contributed by atoms with Crippen LogP contribution in [-0.2, 0) is 24.5 Å². The number of nitrogens with one attached hydrogen (secondary N) is 2. The Bertz CT molecular complexity index is 1770. The molecule has 0 bridgehead atoms. The molecule has 5 aromatic rings. The van der Waals surface area contributed by atoms with Crippen LogP contribution in [0.3, 0.4) is 0 Å². The second-order valence-electron chi connectivity index (χ2n) is 9.99. The Morgan fingerprint density at radius 1 is 1.12 bits per heavy atom. The summed E-state index contributed by atoms with van der Waals surface area (Å²) in [6.45, 7) is 1.78. The van der Waals surface area contributed by atoms with Crippen molar-refractivity contribution in [1.82, 2.24) is 34.0 Å². The third-order valence-electron chi connectivity index (χ3n) is 7.20. The van der Waals surface area contributed by atoms with Crippen LogP contribution in [0.25, 0.3) is 16.7 Å². The van der Waals surface area contributed by atoms with E-state index in [9.17, 15) is 13.2 Å². The van der Waals surface area contributed by atoms with Gasteiger partial charge in [-0.1, -0.05) is 11.6 Å². The van der Waals surface area contributed by atoms with Crippen LogP contribution in [0.5, 0.6) is 11.5 Å². The van der Waals surface area contributed by atoms with E-state index in [4.69, 9.17) is 21.1 Å². The fourth-order valence-electron chi connectivity index (χ4n) is 5.02. The van der Waals surface area contributed by atoms with Crippen molar-refractivity contribution in [2.24, 2.45) is 7.05 Å². The van der Waals surface area contributed by atoms with E-state index in [1.807, 2.05) is 0 Å². The first-order chi connectivity index (χ1) is 20.1. The Morgan fingerprint density at radius 2 is 1.95 bits per heavy atom. The monoisotopic (exact) mass is 601 g/mol. The first kappa shape index (κ1) is 28.0. The van der Waals surface area contributed by atoms with Crippen LogP contribution >= 0.6 is 11.6 Å². The van der Waals surface area contributed by atoms with Crippen LogP contribution in [0.4, 0.5) is 30.6 Å². The number of aryl methyl sites for hydroxylation is 1. The molecule has 4 aromatic heterocycles. The van der Waals surface area contributed by atoms with Crippen LogP contribution in [0.1, 0.15) is 17.5 Å². The van der Waals surface area contributed by atoms with E-state index >= 15 is 0 Å². The maximum atomic E-state index is 13.8. The third-order valence-corrected chi connectivity index (χ3v) is 7.56. The van der Waals surface area contributed by atoms with Gasteiger partial charge in [0.2, 0.25) is 5.95 Å². The van der Waals surface area contributed by atoms with Crippen LogP contribution in [0.15, 0.2) is 43.0 Å². The number of fused-ring (bicyclic) bond motifs is 2. The van der Waals surface area contributed by atoms with Gasteiger partial charge in [0.1, 0.15) is 21.9 Å². The van der Waals surface area contributed by atoms with Gasteiger partial charge in [-0.25, -0.2) is 14.5 Å². The van der Waals surface area contributed by atoms with E-state index in [1.54, 1.807) is 48.7 Å². The summed E-state index contributed by atoms with van der Waals surface area (Å²) < 4.78 is 56.1. The van der Waals surface area contributed by atoms with Crippen LogP contribution in [-0.4, -0.2) is 67.4 Å². The summed E-state index contributed by atoms with van der Waals surface area (Å²) in [4.78, 5) is 15.2. The van der Waals surface area contributed by atoms with Crippen molar-refractivity contribution in [3.05, 3.63) is 59.1 Å². The van der Waals surface area contributed by atoms with Gasteiger partial charge in [0, 0.05) is 46.5 Å². The first-order valence-corrected chi connectivity index (χ1v) is 13.4. The molecule has 1 saturated heterocycles. The van der Waals surface area contributed by atoms with Crippen molar-refractivity contribution in [2.75, 3.05) is 37.9 Å². The number of hydrogen-bond acceptors (Lipinski definition) is 9. The second kappa shape index (κ2) is 10.9. The van der Waals surface area contributed by atoms with Crippen LogP contribution in [0, 0.1) is 0 Å². The molecule has 1 atom stereocenters. The van der Waals surface area contributed by atoms with Gasteiger partial charge in [0.05, 0.1) is 36.5 Å². The number of methoxy groups -OCH3 is 1. The Morgan fingerprint density at radius 3 is 2.69 bits per heavy atom. The van der Waals surface area contributed by atoms with Crippen molar-refractivity contribution in [3.8, 4) is 11.5 Å². The zero-order chi connectivity index (χ0) is 29.6. The molecule has 0 radical (unpaired) electrons. The zero-order valence-electron chi connectivity index (χ0n) is 22.9. The molecule has 11 nitrogen and oxygen atoms in total. The molecular weight excluding hydrogens is 575 g/mol. The normalized spacial score (nSPS) is 16.0. The largest absolute Gasteiger partial charge is 0.450 e. The quantitative estimate of drug-likeness (QED) is 0.239. The third kappa shape index (κ3) is 5.40. The van der Waals surface area contributed by atoms with Gasteiger partial charge in [-0.15, -0.1) is 0 Å². The second-order valence-corrected chi connectivity index (χ2v) is 10.4. The lowest BCUT2D eigenvalue weighted by molar-refractivity contribution is -0.137. The molecule has 1 aliphatic rings. The van der Waals surface area contributed by atoms with Crippen molar-refractivity contribution in [3.63, 3.8) is 0 Å². The maximum absolute atomic E-state index is 13.8. The van der Waals surface area contributed by atoms with Gasteiger partial charge in [0.15, 0.2) is 17.1 Å². The predicted molar refractivity (Wildman–Crippen MR) is 152 cm³/mol. The number of rotatable bonds is 8. The molecule has 1 fully saturated rings. The topological polar surface area (TPSA) is 107 Å². The fourth-order valence-corrected chi connectivity index (χ4v) is 5.32. The number of nitrogens with zero attached hydrogens (tertiary/aromatic N) is 7. The van der Waals surface area contributed by atoms with E-state index in [-0.39, 0.29) is 28.5 Å². The van der Waals surface area contributed by atoms with Gasteiger partial charge in [0.25, 0.3) is 0 Å². The number of halogens is 4. The molecule has 5 heterocycles. The lowest BCUT2D eigenvalue weighted by Crippen LogP contribution is -2.22. The summed E-state index contributed by atoms with van der Waals surface area (Å²) in [5.41, 5.74) is 1.38. The lowest BCUT2D eigenvalue weighted by Gasteiger charge is -2.18. The minimum atomic E-state index is -4.52. The number of aromatic nitrogens is 6. The summed E-state index contributed by atoms with van der Waals surface area (Å²) in [6, 6.07) is 3.93. The Hall–Kier alpha value is -4.14. The highest BCUT2D eigenvalue weighted by atomic mass is 35.5. The summed E-state index contributed by atoms with van der Waals surface area (Å²) in [5.74, 6) is 1.58. The molecule has 0 amide bonds. The molecule has 1 aliphatic heterocycles. The van der Waals surface area contributed by atoms with Crippen molar-refractivity contribution in [1.29, 1.82) is 0 Å². The molecule has 0 spiro atoms. The van der Waals surface area contributed by atoms with E-state index in [2.05, 4.69) is 35.6 Å². The number of alkyl halides is 3.